The molecule has 0 unspecified atom stereocenters. The number of aromatic nitrogens is 1. The van der Waals surface area contributed by atoms with Crippen LogP contribution in [0.1, 0.15) is 10.4 Å². The van der Waals surface area contributed by atoms with E-state index in [-0.39, 0.29) is 16.4 Å². The molecular weight excluding hydrogens is 289 g/mol. The summed E-state index contributed by atoms with van der Waals surface area (Å²) >= 11 is 5.61. The molecule has 0 aliphatic carbocycles. The summed E-state index contributed by atoms with van der Waals surface area (Å²) in [6.07, 6.45) is 0.874. The highest BCUT2D eigenvalue weighted by atomic mass is 35.5. The van der Waals surface area contributed by atoms with E-state index in [1.807, 2.05) is 0 Å². The quantitative estimate of drug-likeness (QED) is 0.536. The average molecular weight is 296 g/mol. The summed E-state index contributed by atoms with van der Waals surface area (Å²) < 4.78 is 13.4. The lowest BCUT2D eigenvalue weighted by molar-refractivity contribution is -0.385. The summed E-state index contributed by atoms with van der Waals surface area (Å²) in [5.41, 5.74) is -0.888. The maximum Gasteiger partial charge on any atom is 0.300 e. The zero-order valence-corrected chi connectivity index (χ0v) is 10.6. The minimum atomic E-state index is -0.842. The molecule has 0 aliphatic rings. The SMILES string of the molecule is O=C(Nc1ccccc1F)c1cc(Cl)ncc1[N+](=O)[O-]. The fourth-order valence-electron chi connectivity index (χ4n) is 1.50. The molecule has 0 fully saturated rings. The maximum atomic E-state index is 13.4. The van der Waals surface area contributed by atoms with Crippen LogP contribution < -0.4 is 5.32 Å². The van der Waals surface area contributed by atoms with Gasteiger partial charge in [0, 0.05) is 0 Å². The van der Waals surface area contributed by atoms with Crippen molar-refractivity contribution in [3.05, 3.63) is 63.2 Å². The van der Waals surface area contributed by atoms with Gasteiger partial charge in [-0.25, -0.2) is 9.37 Å². The van der Waals surface area contributed by atoms with Gasteiger partial charge in [0.2, 0.25) is 0 Å². The van der Waals surface area contributed by atoms with E-state index in [0.717, 1.165) is 18.3 Å². The van der Waals surface area contributed by atoms with Gasteiger partial charge in [-0.1, -0.05) is 23.7 Å². The Morgan fingerprint density at radius 3 is 2.75 bits per heavy atom. The Morgan fingerprint density at radius 1 is 1.40 bits per heavy atom. The first-order valence-corrected chi connectivity index (χ1v) is 5.72. The average Bonchev–Trinajstić information content (AvgIpc) is 2.40. The largest absolute Gasteiger partial charge is 0.319 e. The van der Waals surface area contributed by atoms with E-state index in [9.17, 15) is 19.3 Å². The Kier molecular flexibility index (Phi) is 3.90. The lowest BCUT2D eigenvalue weighted by Gasteiger charge is -2.06. The first-order chi connectivity index (χ1) is 9.49. The second-order valence-electron chi connectivity index (χ2n) is 3.72. The fourth-order valence-corrected chi connectivity index (χ4v) is 1.66. The number of hydrogen-bond donors (Lipinski definition) is 1. The number of para-hydroxylation sites is 1. The van der Waals surface area contributed by atoms with Crippen molar-refractivity contribution in [2.45, 2.75) is 0 Å². The molecule has 0 bridgehead atoms. The second kappa shape index (κ2) is 5.62. The van der Waals surface area contributed by atoms with Crippen LogP contribution in [-0.2, 0) is 0 Å². The van der Waals surface area contributed by atoms with Crippen molar-refractivity contribution in [3.8, 4) is 0 Å². The lowest BCUT2D eigenvalue weighted by atomic mass is 10.2. The predicted molar refractivity (Wildman–Crippen MR) is 70.3 cm³/mol. The number of carbonyl (C=O) groups excluding carboxylic acids is 1. The third kappa shape index (κ3) is 2.89. The molecule has 102 valence electrons. The highest BCUT2D eigenvalue weighted by Crippen LogP contribution is 2.22. The number of anilines is 1. The van der Waals surface area contributed by atoms with Gasteiger partial charge in [-0.2, -0.15) is 0 Å². The highest BCUT2D eigenvalue weighted by molar-refractivity contribution is 6.30. The van der Waals surface area contributed by atoms with Crippen molar-refractivity contribution in [1.82, 2.24) is 4.98 Å². The molecule has 2 aromatic rings. The smallest absolute Gasteiger partial charge is 0.300 e. The zero-order valence-electron chi connectivity index (χ0n) is 9.84. The van der Waals surface area contributed by atoms with Crippen LogP contribution in [0.4, 0.5) is 15.8 Å². The van der Waals surface area contributed by atoms with Gasteiger partial charge in [-0.15, -0.1) is 0 Å². The van der Waals surface area contributed by atoms with E-state index in [0.29, 0.717) is 0 Å². The Labute approximate surface area is 117 Å². The fraction of sp³-hybridized carbons (Fsp3) is 0. The Hall–Kier alpha value is -2.54. The molecule has 1 N–H and O–H groups in total. The number of hydrogen-bond acceptors (Lipinski definition) is 4. The number of benzene rings is 1. The van der Waals surface area contributed by atoms with Crippen molar-refractivity contribution < 1.29 is 14.1 Å². The van der Waals surface area contributed by atoms with Crippen molar-refractivity contribution >= 4 is 28.9 Å². The van der Waals surface area contributed by atoms with Gasteiger partial charge in [0.25, 0.3) is 11.6 Å². The van der Waals surface area contributed by atoms with Crippen molar-refractivity contribution in [2.75, 3.05) is 5.32 Å². The van der Waals surface area contributed by atoms with Gasteiger partial charge in [0.1, 0.15) is 22.7 Å². The summed E-state index contributed by atoms with van der Waals surface area (Å²) in [4.78, 5) is 25.6. The number of halogens is 2. The number of carbonyl (C=O) groups is 1. The predicted octanol–water partition coefficient (Wildman–Crippen LogP) is 3.03. The molecule has 0 atom stereocenters. The van der Waals surface area contributed by atoms with Gasteiger partial charge < -0.3 is 5.32 Å². The molecule has 0 spiro atoms. The minimum Gasteiger partial charge on any atom is -0.319 e. The van der Waals surface area contributed by atoms with E-state index in [2.05, 4.69) is 10.3 Å². The highest BCUT2D eigenvalue weighted by Gasteiger charge is 2.22. The third-order valence-electron chi connectivity index (χ3n) is 2.41. The molecule has 1 aromatic heterocycles. The van der Waals surface area contributed by atoms with Crippen molar-refractivity contribution in [3.63, 3.8) is 0 Å². The maximum absolute atomic E-state index is 13.4. The molecule has 1 amide bonds. The molecule has 0 aliphatic heterocycles. The number of amides is 1. The summed E-state index contributed by atoms with van der Waals surface area (Å²) in [6, 6.07) is 6.52. The molecular formula is C12H7ClFN3O3. The summed E-state index contributed by atoms with van der Waals surface area (Å²) in [6.45, 7) is 0. The van der Waals surface area contributed by atoms with E-state index in [1.165, 1.54) is 18.2 Å². The van der Waals surface area contributed by atoms with Gasteiger partial charge in [-0.3, -0.25) is 14.9 Å². The number of nitrogens with one attached hydrogen (secondary N) is 1. The Bertz CT molecular complexity index is 693. The monoisotopic (exact) mass is 295 g/mol. The van der Waals surface area contributed by atoms with Gasteiger partial charge in [-0.05, 0) is 18.2 Å². The lowest BCUT2D eigenvalue weighted by Crippen LogP contribution is -2.15. The number of nitrogens with zero attached hydrogens (tertiary/aromatic N) is 2. The van der Waals surface area contributed by atoms with Crippen LogP contribution >= 0.6 is 11.6 Å². The molecule has 6 nitrogen and oxygen atoms in total. The van der Waals surface area contributed by atoms with E-state index < -0.39 is 22.3 Å². The van der Waals surface area contributed by atoms with Crippen LogP contribution in [0.25, 0.3) is 0 Å². The van der Waals surface area contributed by atoms with Crippen LogP contribution in [0.2, 0.25) is 5.15 Å². The summed E-state index contributed by atoms with van der Waals surface area (Å²) in [5.74, 6) is -1.49. The van der Waals surface area contributed by atoms with Crippen LogP contribution in [0.15, 0.2) is 36.5 Å². The molecule has 1 aromatic carbocycles. The summed E-state index contributed by atoms with van der Waals surface area (Å²) in [7, 11) is 0. The van der Waals surface area contributed by atoms with Crippen molar-refractivity contribution in [1.29, 1.82) is 0 Å². The first kappa shape index (κ1) is 13.9. The van der Waals surface area contributed by atoms with Crippen LogP contribution in [0.3, 0.4) is 0 Å². The van der Waals surface area contributed by atoms with Gasteiger partial charge in [0.05, 0.1) is 10.6 Å². The first-order valence-electron chi connectivity index (χ1n) is 5.35. The van der Waals surface area contributed by atoms with E-state index in [1.54, 1.807) is 0 Å². The van der Waals surface area contributed by atoms with Crippen LogP contribution in [0.5, 0.6) is 0 Å². The van der Waals surface area contributed by atoms with Crippen LogP contribution in [0, 0.1) is 15.9 Å². The molecule has 0 radical (unpaired) electrons. The third-order valence-corrected chi connectivity index (χ3v) is 2.62. The number of pyridine rings is 1. The number of nitro groups is 1. The summed E-state index contributed by atoms with van der Waals surface area (Å²) in [5, 5.41) is 13.0. The molecule has 8 heteroatoms. The Morgan fingerprint density at radius 2 is 2.10 bits per heavy atom. The van der Waals surface area contributed by atoms with Gasteiger partial charge >= 0.3 is 0 Å². The Balaban J connectivity index is 2.37. The van der Waals surface area contributed by atoms with Crippen LogP contribution in [-0.4, -0.2) is 15.8 Å². The minimum absolute atomic E-state index is 0.0747. The molecule has 0 saturated carbocycles. The van der Waals surface area contributed by atoms with E-state index >= 15 is 0 Å². The topological polar surface area (TPSA) is 85.1 Å². The zero-order chi connectivity index (χ0) is 14.7. The molecule has 20 heavy (non-hydrogen) atoms. The normalized spacial score (nSPS) is 10.1. The number of rotatable bonds is 3. The van der Waals surface area contributed by atoms with Gasteiger partial charge in [0.15, 0.2) is 0 Å². The van der Waals surface area contributed by atoms with Crippen molar-refractivity contribution in [2.24, 2.45) is 0 Å². The second-order valence-corrected chi connectivity index (χ2v) is 4.10. The van der Waals surface area contributed by atoms with E-state index in [4.69, 9.17) is 11.6 Å². The standard InChI is InChI=1S/C12H7ClFN3O3/c13-11-5-7(10(6-15-11)17(19)20)12(18)16-9-4-2-1-3-8(9)14/h1-6H,(H,16,18). The molecule has 0 saturated heterocycles. The molecule has 1 heterocycles. The molecule has 2 rings (SSSR count).